The highest BCUT2D eigenvalue weighted by atomic mass is 14.9. The molecule has 4 aliphatic carbocycles. The number of nitriles is 2. The Morgan fingerprint density at radius 3 is 1.77 bits per heavy atom. The van der Waals surface area contributed by atoms with Crippen LogP contribution in [0.1, 0.15) is 55.2 Å². The zero-order valence-electron chi connectivity index (χ0n) is 26.7. The van der Waals surface area contributed by atoms with Gasteiger partial charge in [-0.1, -0.05) is 84.9 Å². The van der Waals surface area contributed by atoms with E-state index in [0.717, 1.165) is 40.1 Å². The zero-order chi connectivity index (χ0) is 32.2. The van der Waals surface area contributed by atoms with Crippen LogP contribution in [0, 0.1) is 40.4 Å². The van der Waals surface area contributed by atoms with Gasteiger partial charge in [-0.25, -0.2) is 9.97 Å². The molecule has 0 unspecified atom stereocenters. The second kappa shape index (κ2) is 11.3. The standard InChI is InChI=1S/C44H34N4/c45-26-31-18-32(27-46)20-36(19-31)42-22-41(47-43(48-42)33-7-2-1-3-8-33)35-10-6-9-34(21-35)37-13-14-40(39-12-5-4-11-38(37)39)44-23-28-15-29(24-44)17-30(16-28)25-44/h1-14,18-22,28-30H,15-17,23-25H2/t28-,29-,30-,44?. The van der Waals surface area contributed by atoms with Gasteiger partial charge in [0.05, 0.1) is 34.7 Å². The van der Waals surface area contributed by atoms with E-state index < -0.39 is 0 Å². The minimum absolute atomic E-state index is 0.328. The molecule has 0 atom stereocenters. The molecule has 10 rings (SSSR count). The molecular formula is C44H34N4. The van der Waals surface area contributed by atoms with Gasteiger partial charge >= 0.3 is 0 Å². The summed E-state index contributed by atoms with van der Waals surface area (Å²) >= 11 is 0. The summed E-state index contributed by atoms with van der Waals surface area (Å²) in [6.45, 7) is 0. The van der Waals surface area contributed by atoms with E-state index in [1.165, 1.54) is 54.9 Å². The van der Waals surface area contributed by atoms with Crippen LogP contribution in [0.15, 0.2) is 115 Å². The topological polar surface area (TPSA) is 73.4 Å². The van der Waals surface area contributed by atoms with Crippen LogP contribution in [0.2, 0.25) is 0 Å². The van der Waals surface area contributed by atoms with Crippen molar-refractivity contribution in [1.29, 1.82) is 10.5 Å². The van der Waals surface area contributed by atoms with Crippen molar-refractivity contribution >= 4 is 10.8 Å². The van der Waals surface area contributed by atoms with Crippen LogP contribution in [0.5, 0.6) is 0 Å². The number of hydrogen-bond acceptors (Lipinski definition) is 4. The Balaban J connectivity index is 1.17. The molecule has 1 aromatic heterocycles. The number of nitrogens with zero attached hydrogens (tertiary/aromatic N) is 4. The first kappa shape index (κ1) is 28.6. The lowest BCUT2D eigenvalue weighted by molar-refractivity contribution is -0.00449. The Bertz CT molecular complexity index is 2240. The Hall–Kier alpha value is -5.58. The number of aromatic nitrogens is 2. The Morgan fingerprint density at radius 1 is 0.521 bits per heavy atom. The van der Waals surface area contributed by atoms with Gasteiger partial charge in [0.25, 0.3) is 0 Å². The second-order valence-electron chi connectivity index (χ2n) is 14.3. The van der Waals surface area contributed by atoms with Crippen molar-refractivity contribution in [2.75, 3.05) is 0 Å². The molecule has 4 aliphatic rings. The van der Waals surface area contributed by atoms with E-state index >= 15 is 0 Å². The lowest BCUT2D eigenvalue weighted by Crippen LogP contribution is -2.48. The van der Waals surface area contributed by atoms with E-state index in [4.69, 9.17) is 9.97 Å². The highest BCUT2D eigenvalue weighted by molar-refractivity contribution is 5.99. The minimum atomic E-state index is 0.328. The second-order valence-corrected chi connectivity index (χ2v) is 14.3. The third kappa shape index (κ3) is 4.88. The molecule has 4 saturated carbocycles. The highest BCUT2D eigenvalue weighted by Crippen LogP contribution is 2.61. The fourth-order valence-corrected chi connectivity index (χ4v) is 9.66. The van der Waals surface area contributed by atoms with E-state index in [9.17, 15) is 10.5 Å². The fourth-order valence-electron chi connectivity index (χ4n) is 9.66. The maximum absolute atomic E-state index is 9.66. The van der Waals surface area contributed by atoms with Crippen LogP contribution in [-0.2, 0) is 5.41 Å². The number of rotatable bonds is 5. The van der Waals surface area contributed by atoms with Crippen molar-refractivity contribution in [3.8, 4) is 57.2 Å². The summed E-state index contributed by atoms with van der Waals surface area (Å²) in [6, 6.07) is 44.0. The monoisotopic (exact) mass is 618 g/mol. The maximum Gasteiger partial charge on any atom is 0.160 e. The first-order valence-corrected chi connectivity index (χ1v) is 17.1. The quantitative estimate of drug-likeness (QED) is 0.193. The van der Waals surface area contributed by atoms with Crippen molar-refractivity contribution < 1.29 is 0 Å². The van der Waals surface area contributed by atoms with Crippen molar-refractivity contribution in [1.82, 2.24) is 9.97 Å². The smallest absolute Gasteiger partial charge is 0.160 e. The zero-order valence-corrected chi connectivity index (χ0v) is 26.7. The predicted octanol–water partition coefficient (Wildman–Crippen LogP) is 10.5. The summed E-state index contributed by atoms with van der Waals surface area (Å²) in [5.41, 5.74) is 9.20. The molecule has 0 N–H and O–H groups in total. The summed E-state index contributed by atoms with van der Waals surface area (Å²) in [7, 11) is 0. The molecule has 0 saturated heterocycles. The SMILES string of the molecule is N#Cc1cc(C#N)cc(-c2cc(-c3cccc(-c4ccc(C56C[C@H]7C[C@H](C5)C[C@@H](C6)C7)c5ccccc45)c3)nc(-c3ccccc3)n2)c1. The molecule has 48 heavy (non-hydrogen) atoms. The average molecular weight is 619 g/mol. The Kier molecular flexibility index (Phi) is 6.73. The molecule has 6 aromatic rings. The Labute approximate surface area is 281 Å². The van der Waals surface area contributed by atoms with Crippen LogP contribution >= 0.6 is 0 Å². The van der Waals surface area contributed by atoms with Crippen LogP contribution in [-0.4, -0.2) is 9.97 Å². The predicted molar refractivity (Wildman–Crippen MR) is 191 cm³/mol. The lowest BCUT2D eigenvalue weighted by Gasteiger charge is -2.57. The molecular weight excluding hydrogens is 585 g/mol. The third-order valence-corrected chi connectivity index (χ3v) is 11.2. The molecule has 230 valence electrons. The molecule has 4 fully saturated rings. The van der Waals surface area contributed by atoms with Crippen LogP contribution in [0.3, 0.4) is 0 Å². The van der Waals surface area contributed by atoms with Crippen LogP contribution in [0.25, 0.3) is 55.8 Å². The summed E-state index contributed by atoms with van der Waals surface area (Å²) in [5, 5.41) is 22.0. The summed E-state index contributed by atoms with van der Waals surface area (Å²) in [6.07, 6.45) is 8.40. The average Bonchev–Trinajstić information content (AvgIpc) is 3.13. The van der Waals surface area contributed by atoms with Crippen LogP contribution < -0.4 is 0 Å². The number of hydrogen-bond donors (Lipinski definition) is 0. The number of benzene rings is 5. The molecule has 4 bridgehead atoms. The van der Waals surface area contributed by atoms with E-state index in [0.29, 0.717) is 33.6 Å². The van der Waals surface area contributed by atoms with Gasteiger partial charge in [0.2, 0.25) is 0 Å². The first-order chi connectivity index (χ1) is 23.6. The van der Waals surface area contributed by atoms with Gasteiger partial charge in [-0.3, -0.25) is 0 Å². The van der Waals surface area contributed by atoms with Crippen molar-refractivity contribution in [2.24, 2.45) is 17.8 Å². The number of fused-ring (bicyclic) bond motifs is 1. The minimum Gasteiger partial charge on any atom is -0.228 e. The van der Waals surface area contributed by atoms with Gasteiger partial charge < -0.3 is 0 Å². The van der Waals surface area contributed by atoms with Gasteiger partial charge in [0, 0.05) is 16.7 Å². The van der Waals surface area contributed by atoms with E-state index in [2.05, 4.69) is 72.8 Å². The molecule has 1 heterocycles. The lowest BCUT2D eigenvalue weighted by atomic mass is 9.47. The van der Waals surface area contributed by atoms with Crippen molar-refractivity contribution in [3.63, 3.8) is 0 Å². The largest absolute Gasteiger partial charge is 0.228 e. The summed E-state index contributed by atoms with van der Waals surface area (Å²) in [5.74, 6) is 3.30. The van der Waals surface area contributed by atoms with Gasteiger partial charge in [-0.2, -0.15) is 10.5 Å². The van der Waals surface area contributed by atoms with Gasteiger partial charge in [0.15, 0.2) is 5.82 Å². The normalized spacial score (nSPS) is 22.3. The third-order valence-electron chi connectivity index (χ3n) is 11.2. The van der Waals surface area contributed by atoms with Gasteiger partial charge in [0.1, 0.15) is 0 Å². The van der Waals surface area contributed by atoms with Crippen molar-refractivity contribution in [2.45, 2.75) is 43.9 Å². The molecule has 0 spiro atoms. The highest BCUT2D eigenvalue weighted by Gasteiger charge is 2.52. The molecule has 0 radical (unpaired) electrons. The van der Waals surface area contributed by atoms with Gasteiger partial charge in [-0.15, -0.1) is 0 Å². The first-order valence-electron chi connectivity index (χ1n) is 17.1. The molecule has 0 amide bonds. The van der Waals surface area contributed by atoms with Gasteiger partial charge in [-0.05, 0) is 119 Å². The van der Waals surface area contributed by atoms with E-state index in [1.807, 2.05) is 36.4 Å². The molecule has 0 aliphatic heterocycles. The molecule has 4 nitrogen and oxygen atoms in total. The van der Waals surface area contributed by atoms with E-state index in [1.54, 1.807) is 23.8 Å². The van der Waals surface area contributed by atoms with Crippen molar-refractivity contribution in [3.05, 3.63) is 132 Å². The summed E-state index contributed by atoms with van der Waals surface area (Å²) < 4.78 is 0. The van der Waals surface area contributed by atoms with E-state index in [-0.39, 0.29) is 0 Å². The van der Waals surface area contributed by atoms with Crippen LogP contribution in [0.4, 0.5) is 0 Å². The summed E-state index contributed by atoms with van der Waals surface area (Å²) in [4.78, 5) is 9.99. The molecule has 5 aromatic carbocycles. The fraction of sp³-hybridized carbons (Fsp3) is 0.227. The maximum atomic E-state index is 9.66. The molecule has 4 heteroatoms. The Morgan fingerprint density at radius 2 is 1.10 bits per heavy atom.